The van der Waals surface area contributed by atoms with Crippen LogP contribution in [0.15, 0.2) is 48.5 Å². The number of ether oxygens (including phenoxy) is 3. The number of nitrogens with one attached hydrogen (secondary N) is 1. The lowest BCUT2D eigenvalue weighted by Crippen LogP contribution is -2.40. The standard InChI is InChI=1S/C22H26N2O5/c1-2-28-18-7-9-20(10-8-18)29-19-5-3-17(4-6-19)23-21(25)11-12-22(26)24-13-15-27-16-14-24/h3-10H,2,11-16H2,1H3,(H,23,25). The van der Waals surface area contributed by atoms with Crippen molar-refractivity contribution in [2.75, 3.05) is 38.2 Å². The minimum absolute atomic E-state index is 0.0115. The van der Waals surface area contributed by atoms with Gasteiger partial charge in [0.1, 0.15) is 17.2 Å². The predicted octanol–water partition coefficient (Wildman–Crippen LogP) is 3.46. The zero-order valence-electron chi connectivity index (χ0n) is 16.6. The molecule has 0 radical (unpaired) electrons. The molecule has 1 saturated heterocycles. The van der Waals surface area contributed by atoms with Crippen molar-refractivity contribution in [1.82, 2.24) is 4.90 Å². The highest BCUT2D eigenvalue weighted by atomic mass is 16.5. The van der Waals surface area contributed by atoms with Crippen molar-refractivity contribution in [2.45, 2.75) is 19.8 Å². The Balaban J connectivity index is 1.44. The average molecular weight is 398 g/mol. The van der Waals surface area contributed by atoms with Crippen molar-refractivity contribution in [3.63, 3.8) is 0 Å². The highest BCUT2D eigenvalue weighted by molar-refractivity contribution is 5.93. The number of amides is 2. The third kappa shape index (κ3) is 6.50. The van der Waals surface area contributed by atoms with Crippen molar-refractivity contribution in [1.29, 1.82) is 0 Å². The Morgan fingerprint density at radius 1 is 0.931 bits per heavy atom. The van der Waals surface area contributed by atoms with Crippen LogP contribution in [0.3, 0.4) is 0 Å². The molecule has 0 spiro atoms. The van der Waals surface area contributed by atoms with Gasteiger partial charge < -0.3 is 24.4 Å². The largest absolute Gasteiger partial charge is 0.494 e. The summed E-state index contributed by atoms with van der Waals surface area (Å²) >= 11 is 0. The van der Waals surface area contributed by atoms with E-state index in [2.05, 4.69) is 5.32 Å². The molecule has 0 aliphatic carbocycles. The molecule has 7 nitrogen and oxygen atoms in total. The lowest BCUT2D eigenvalue weighted by atomic mass is 10.2. The third-order valence-corrected chi connectivity index (χ3v) is 4.44. The maximum absolute atomic E-state index is 12.1. The molecule has 154 valence electrons. The van der Waals surface area contributed by atoms with Crippen LogP contribution in [-0.2, 0) is 14.3 Å². The van der Waals surface area contributed by atoms with E-state index in [1.54, 1.807) is 29.2 Å². The highest BCUT2D eigenvalue weighted by Gasteiger charge is 2.17. The minimum Gasteiger partial charge on any atom is -0.494 e. The number of carbonyl (C=O) groups is 2. The van der Waals surface area contributed by atoms with E-state index in [0.717, 1.165) is 5.75 Å². The summed E-state index contributed by atoms with van der Waals surface area (Å²) in [5.74, 6) is 1.96. The number of anilines is 1. The second-order valence-corrected chi connectivity index (χ2v) is 6.57. The number of morpholine rings is 1. The van der Waals surface area contributed by atoms with Gasteiger partial charge in [0, 0.05) is 31.6 Å². The van der Waals surface area contributed by atoms with Gasteiger partial charge in [-0.05, 0) is 55.5 Å². The fourth-order valence-corrected chi connectivity index (χ4v) is 2.93. The maximum atomic E-state index is 12.1. The first-order valence-electron chi connectivity index (χ1n) is 9.80. The van der Waals surface area contributed by atoms with Gasteiger partial charge in [0.05, 0.1) is 19.8 Å². The summed E-state index contributed by atoms with van der Waals surface area (Å²) in [4.78, 5) is 25.9. The number of carbonyl (C=O) groups excluding carboxylic acids is 2. The SMILES string of the molecule is CCOc1ccc(Oc2ccc(NC(=O)CCC(=O)N3CCOCC3)cc2)cc1. The van der Waals surface area contributed by atoms with Crippen LogP contribution in [0.5, 0.6) is 17.2 Å². The quantitative estimate of drug-likeness (QED) is 0.737. The van der Waals surface area contributed by atoms with E-state index in [0.29, 0.717) is 50.1 Å². The summed E-state index contributed by atoms with van der Waals surface area (Å²) in [6.45, 7) is 4.86. The predicted molar refractivity (Wildman–Crippen MR) is 109 cm³/mol. The van der Waals surface area contributed by atoms with Gasteiger partial charge >= 0.3 is 0 Å². The van der Waals surface area contributed by atoms with E-state index in [4.69, 9.17) is 14.2 Å². The molecule has 0 saturated carbocycles. The van der Waals surface area contributed by atoms with Crippen LogP contribution >= 0.6 is 0 Å². The average Bonchev–Trinajstić information content (AvgIpc) is 2.75. The van der Waals surface area contributed by atoms with E-state index in [1.165, 1.54) is 0 Å². The summed E-state index contributed by atoms with van der Waals surface area (Å²) < 4.78 is 16.4. The maximum Gasteiger partial charge on any atom is 0.224 e. The molecule has 2 aromatic carbocycles. The molecule has 7 heteroatoms. The van der Waals surface area contributed by atoms with Gasteiger partial charge in [-0.25, -0.2) is 0 Å². The Morgan fingerprint density at radius 2 is 1.52 bits per heavy atom. The van der Waals surface area contributed by atoms with Gasteiger partial charge in [0.2, 0.25) is 11.8 Å². The van der Waals surface area contributed by atoms with Crippen LogP contribution in [0.1, 0.15) is 19.8 Å². The molecule has 0 bridgehead atoms. The van der Waals surface area contributed by atoms with E-state index >= 15 is 0 Å². The minimum atomic E-state index is -0.188. The third-order valence-electron chi connectivity index (χ3n) is 4.44. The van der Waals surface area contributed by atoms with Crippen LogP contribution < -0.4 is 14.8 Å². The van der Waals surface area contributed by atoms with Crippen molar-refractivity contribution in [3.05, 3.63) is 48.5 Å². The van der Waals surface area contributed by atoms with Crippen LogP contribution in [0.25, 0.3) is 0 Å². The molecule has 1 heterocycles. The fraction of sp³-hybridized carbons (Fsp3) is 0.364. The summed E-state index contributed by atoms with van der Waals surface area (Å²) in [6, 6.07) is 14.5. The zero-order valence-corrected chi connectivity index (χ0v) is 16.6. The van der Waals surface area contributed by atoms with Crippen molar-refractivity contribution < 1.29 is 23.8 Å². The first-order chi connectivity index (χ1) is 14.1. The second-order valence-electron chi connectivity index (χ2n) is 6.57. The molecule has 29 heavy (non-hydrogen) atoms. The zero-order chi connectivity index (χ0) is 20.5. The number of hydrogen-bond donors (Lipinski definition) is 1. The molecule has 1 aliphatic rings. The van der Waals surface area contributed by atoms with E-state index in [1.807, 2.05) is 31.2 Å². The normalized spacial score (nSPS) is 13.6. The molecule has 0 unspecified atom stereocenters. The number of nitrogens with zero attached hydrogens (tertiary/aromatic N) is 1. The van der Waals surface area contributed by atoms with Gasteiger partial charge in [0.15, 0.2) is 0 Å². The highest BCUT2D eigenvalue weighted by Crippen LogP contribution is 2.25. The fourth-order valence-electron chi connectivity index (χ4n) is 2.93. The van der Waals surface area contributed by atoms with Crippen molar-refractivity contribution >= 4 is 17.5 Å². The monoisotopic (exact) mass is 398 g/mol. The molecule has 0 aromatic heterocycles. The molecule has 2 aromatic rings. The second kappa shape index (κ2) is 10.5. The van der Waals surface area contributed by atoms with Gasteiger partial charge in [0.25, 0.3) is 0 Å². The van der Waals surface area contributed by atoms with Gasteiger partial charge in [-0.1, -0.05) is 0 Å². The van der Waals surface area contributed by atoms with Gasteiger partial charge in [-0.2, -0.15) is 0 Å². The summed E-state index contributed by atoms with van der Waals surface area (Å²) in [6.07, 6.45) is 0.353. The van der Waals surface area contributed by atoms with E-state index in [9.17, 15) is 9.59 Å². The lowest BCUT2D eigenvalue weighted by Gasteiger charge is -2.26. The molecule has 1 aliphatic heterocycles. The molecule has 3 rings (SSSR count). The summed E-state index contributed by atoms with van der Waals surface area (Å²) in [7, 11) is 0. The Bertz CT molecular complexity index is 799. The Morgan fingerprint density at radius 3 is 2.14 bits per heavy atom. The number of hydrogen-bond acceptors (Lipinski definition) is 5. The van der Waals surface area contributed by atoms with E-state index < -0.39 is 0 Å². The van der Waals surface area contributed by atoms with Crippen molar-refractivity contribution in [2.24, 2.45) is 0 Å². The number of rotatable bonds is 8. The van der Waals surface area contributed by atoms with E-state index in [-0.39, 0.29) is 24.7 Å². The van der Waals surface area contributed by atoms with Crippen LogP contribution in [0.2, 0.25) is 0 Å². The molecule has 0 atom stereocenters. The Labute approximate surface area is 170 Å². The van der Waals surface area contributed by atoms with Crippen molar-refractivity contribution in [3.8, 4) is 17.2 Å². The lowest BCUT2D eigenvalue weighted by molar-refractivity contribution is -0.136. The van der Waals surface area contributed by atoms with Gasteiger partial charge in [-0.3, -0.25) is 9.59 Å². The first-order valence-corrected chi connectivity index (χ1v) is 9.80. The topological polar surface area (TPSA) is 77.1 Å². The summed E-state index contributed by atoms with van der Waals surface area (Å²) in [5, 5.41) is 2.81. The van der Waals surface area contributed by atoms with Gasteiger partial charge in [-0.15, -0.1) is 0 Å². The first kappa shape index (κ1) is 20.7. The Hall–Kier alpha value is -3.06. The molecule has 2 amide bonds. The van der Waals surface area contributed by atoms with Crippen LogP contribution in [0.4, 0.5) is 5.69 Å². The molecular formula is C22H26N2O5. The molecule has 1 N–H and O–H groups in total. The number of benzene rings is 2. The molecular weight excluding hydrogens is 372 g/mol. The Kier molecular flexibility index (Phi) is 7.47. The molecule has 1 fully saturated rings. The van der Waals surface area contributed by atoms with Crippen LogP contribution in [0, 0.1) is 0 Å². The summed E-state index contributed by atoms with van der Waals surface area (Å²) in [5.41, 5.74) is 0.660. The van der Waals surface area contributed by atoms with Crippen LogP contribution in [-0.4, -0.2) is 49.6 Å². The smallest absolute Gasteiger partial charge is 0.224 e.